The van der Waals surface area contributed by atoms with E-state index in [4.69, 9.17) is 0 Å². The van der Waals surface area contributed by atoms with Gasteiger partial charge in [0.05, 0.1) is 6.10 Å². The first-order valence-electron chi connectivity index (χ1n) is 6.02. The highest BCUT2D eigenvalue weighted by molar-refractivity contribution is 5.10. The molecule has 0 radical (unpaired) electrons. The zero-order chi connectivity index (χ0) is 8.58. The minimum Gasteiger partial charge on any atom is -0.393 e. The molecule has 1 heteroatoms. The third-order valence-corrected chi connectivity index (χ3v) is 5.70. The molecule has 0 heterocycles. The van der Waals surface area contributed by atoms with E-state index in [1.807, 2.05) is 0 Å². The van der Waals surface area contributed by atoms with E-state index in [1.165, 1.54) is 25.7 Å². The molecule has 4 aliphatic carbocycles. The molecule has 4 bridgehead atoms. The molecule has 1 N–H and O–H groups in total. The van der Waals surface area contributed by atoms with E-state index in [9.17, 15) is 5.11 Å². The van der Waals surface area contributed by atoms with Gasteiger partial charge >= 0.3 is 0 Å². The molecule has 0 aliphatic heterocycles. The van der Waals surface area contributed by atoms with Crippen LogP contribution in [0.2, 0.25) is 0 Å². The van der Waals surface area contributed by atoms with E-state index in [2.05, 4.69) is 0 Å². The van der Waals surface area contributed by atoms with Crippen molar-refractivity contribution in [1.82, 2.24) is 0 Å². The summed E-state index contributed by atoms with van der Waals surface area (Å²) in [6, 6.07) is 0. The fourth-order valence-electron chi connectivity index (χ4n) is 5.53. The van der Waals surface area contributed by atoms with Crippen LogP contribution in [0.5, 0.6) is 0 Å². The van der Waals surface area contributed by atoms with Gasteiger partial charge in [-0.25, -0.2) is 0 Å². The molecule has 4 aliphatic rings. The lowest BCUT2D eigenvalue weighted by Gasteiger charge is -2.36. The van der Waals surface area contributed by atoms with Gasteiger partial charge in [0.15, 0.2) is 0 Å². The molecule has 72 valence electrons. The van der Waals surface area contributed by atoms with Crippen LogP contribution in [0.25, 0.3) is 0 Å². The van der Waals surface area contributed by atoms with Gasteiger partial charge in [-0.1, -0.05) is 0 Å². The summed E-state index contributed by atoms with van der Waals surface area (Å²) in [7, 11) is 0. The van der Waals surface area contributed by atoms with Crippen LogP contribution in [0.1, 0.15) is 32.1 Å². The summed E-state index contributed by atoms with van der Waals surface area (Å²) in [5, 5.41) is 9.89. The smallest absolute Gasteiger partial charge is 0.0574 e. The molecule has 0 aromatic rings. The lowest BCUT2D eigenvalue weighted by atomic mass is 9.70. The SMILES string of the molecule is OC1C[C@H]2C[C@H]1[C@@H]1[C@H]3CC[C@@H](C3)[C@H]21. The molecule has 4 saturated carbocycles. The zero-order valence-corrected chi connectivity index (χ0v) is 8.02. The third-order valence-electron chi connectivity index (χ3n) is 5.70. The van der Waals surface area contributed by atoms with E-state index in [0.717, 1.165) is 41.9 Å². The van der Waals surface area contributed by atoms with Crippen LogP contribution in [0.3, 0.4) is 0 Å². The van der Waals surface area contributed by atoms with Crippen LogP contribution < -0.4 is 0 Å². The summed E-state index contributed by atoms with van der Waals surface area (Å²) >= 11 is 0. The van der Waals surface area contributed by atoms with Crippen molar-refractivity contribution < 1.29 is 5.11 Å². The molecule has 7 atom stereocenters. The van der Waals surface area contributed by atoms with Crippen LogP contribution in [-0.4, -0.2) is 11.2 Å². The van der Waals surface area contributed by atoms with Crippen LogP contribution in [0, 0.1) is 35.5 Å². The number of hydrogen-bond acceptors (Lipinski definition) is 1. The second-order valence-electron chi connectivity index (χ2n) is 5.95. The van der Waals surface area contributed by atoms with Crippen molar-refractivity contribution in [2.75, 3.05) is 0 Å². The Balaban J connectivity index is 1.75. The lowest BCUT2D eigenvalue weighted by molar-refractivity contribution is 0.0291. The Morgan fingerprint density at radius 3 is 2.38 bits per heavy atom. The molecule has 0 spiro atoms. The maximum absolute atomic E-state index is 9.89. The number of aliphatic hydroxyl groups excluding tert-OH is 1. The summed E-state index contributed by atoms with van der Waals surface area (Å²) in [6.07, 6.45) is 7.14. The highest BCUT2D eigenvalue weighted by Gasteiger charge is 2.61. The normalized spacial score (nSPS) is 67.6. The Bertz CT molecular complexity index is 250. The second-order valence-corrected chi connectivity index (χ2v) is 5.95. The summed E-state index contributed by atoms with van der Waals surface area (Å²) < 4.78 is 0. The molecule has 0 saturated heterocycles. The predicted molar refractivity (Wildman–Crippen MR) is 50.0 cm³/mol. The topological polar surface area (TPSA) is 20.2 Å². The fourth-order valence-corrected chi connectivity index (χ4v) is 5.53. The number of hydrogen-bond donors (Lipinski definition) is 1. The van der Waals surface area contributed by atoms with Gasteiger partial charge in [0.2, 0.25) is 0 Å². The largest absolute Gasteiger partial charge is 0.393 e. The Kier molecular flexibility index (Phi) is 1.19. The van der Waals surface area contributed by atoms with Crippen molar-refractivity contribution >= 4 is 0 Å². The number of rotatable bonds is 0. The Hall–Kier alpha value is -0.0400. The summed E-state index contributed by atoms with van der Waals surface area (Å²) in [4.78, 5) is 0. The molecule has 13 heavy (non-hydrogen) atoms. The molecule has 1 unspecified atom stereocenters. The Morgan fingerprint density at radius 2 is 1.54 bits per heavy atom. The highest BCUT2D eigenvalue weighted by atomic mass is 16.3. The van der Waals surface area contributed by atoms with Crippen LogP contribution in [0.4, 0.5) is 0 Å². The maximum Gasteiger partial charge on any atom is 0.0574 e. The van der Waals surface area contributed by atoms with Crippen molar-refractivity contribution in [3.05, 3.63) is 0 Å². The second kappa shape index (κ2) is 2.13. The lowest BCUT2D eigenvalue weighted by Crippen LogP contribution is -2.34. The minimum absolute atomic E-state index is 0.0885. The molecule has 0 amide bonds. The van der Waals surface area contributed by atoms with Gasteiger partial charge in [-0.2, -0.15) is 0 Å². The molecule has 4 fully saturated rings. The molecule has 0 aromatic heterocycles. The molecule has 4 rings (SSSR count). The summed E-state index contributed by atoms with van der Waals surface area (Å²) in [5.41, 5.74) is 0. The summed E-state index contributed by atoms with van der Waals surface area (Å²) in [6.45, 7) is 0. The average molecular weight is 178 g/mol. The number of fused-ring (bicyclic) bond motifs is 9. The highest BCUT2D eigenvalue weighted by Crippen LogP contribution is 2.67. The molecule has 1 nitrogen and oxygen atoms in total. The van der Waals surface area contributed by atoms with E-state index >= 15 is 0 Å². The molecular formula is C12H18O. The van der Waals surface area contributed by atoms with Gasteiger partial charge in [0.25, 0.3) is 0 Å². The Labute approximate surface area is 79.5 Å². The quantitative estimate of drug-likeness (QED) is 0.563. The minimum atomic E-state index is 0.0885. The van der Waals surface area contributed by atoms with Gasteiger partial charge in [0, 0.05) is 0 Å². The standard InChI is InChI=1S/C12H18O/c13-10-5-8-4-9(10)12-7-2-1-6(3-7)11(8)12/h6-13H,1-5H2/t6-,7-,8+,9+,10?,11+,12-/m0/s1. The van der Waals surface area contributed by atoms with Crippen molar-refractivity contribution in [2.24, 2.45) is 35.5 Å². The van der Waals surface area contributed by atoms with Crippen molar-refractivity contribution in [3.8, 4) is 0 Å². The van der Waals surface area contributed by atoms with E-state index in [1.54, 1.807) is 0 Å². The first kappa shape index (κ1) is 7.28. The fraction of sp³-hybridized carbons (Fsp3) is 1.00. The average Bonchev–Trinajstić information content (AvgIpc) is 2.78. The van der Waals surface area contributed by atoms with Gasteiger partial charge in [-0.05, 0) is 67.6 Å². The molecule has 0 aromatic carbocycles. The van der Waals surface area contributed by atoms with E-state index < -0.39 is 0 Å². The zero-order valence-electron chi connectivity index (χ0n) is 8.02. The van der Waals surface area contributed by atoms with Crippen LogP contribution >= 0.6 is 0 Å². The monoisotopic (exact) mass is 178 g/mol. The van der Waals surface area contributed by atoms with Gasteiger partial charge < -0.3 is 5.11 Å². The van der Waals surface area contributed by atoms with Crippen molar-refractivity contribution in [1.29, 1.82) is 0 Å². The van der Waals surface area contributed by atoms with Gasteiger partial charge in [-0.3, -0.25) is 0 Å². The Morgan fingerprint density at radius 1 is 0.769 bits per heavy atom. The van der Waals surface area contributed by atoms with E-state index in [-0.39, 0.29) is 6.10 Å². The molecular weight excluding hydrogens is 160 g/mol. The number of aliphatic hydroxyl groups is 1. The first-order chi connectivity index (χ1) is 6.34. The predicted octanol–water partition coefficient (Wildman–Crippen LogP) is 2.05. The third kappa shape index (κ3) is 0.707. The van der Waals surface area contributed by atoms with Gasteiger partial charge in [-0.15, -0.1) is 0 Å². The summed E-state index contributed by atoms with van der Waals surface area (Å²) in [5.74, 6) is 5.79. The first-order valence-corrected chi connectivity index (χ1v) is 6.02. The van der Waals surface area contributed by atoms with E-state index in [0.29, 0.717) is 0 Å². The maximum atomic E-state index is 9.89. The van der Waals surface area contributed by atoms with Crippen LogP contribution in [-0.2, 0) is 0 Å². The van der Waals surface area contributed by atoms with Gasteiger partial charge in [0.1, 0.15) is 0 Å². The van der Waals surface area contributed by atoms with Crippen molar-refractivity contribution in [2.45, 2.75) is 38.2 Å². The van der Waals surface area contributed by atoms with Crippen molar-refractivity contribution in [3.63, 3.8) is 0 Å². The van der Waals surface area contributed by atoms with Crippen LogP contribution in [0.15, 0.2) is 0 Å².